The highest BCUT2D eigenvalue weighted by Gasteiger charge is 2.07. The molecule has 0 aliphatic carbocycles. The zero-order chi connectivity index (χ0) is 23.4. The number of carbonyl (C=O) groups excluding carboxylic acids is 1. The summed E-state index contributed by atoms with van der Waals surface area (Å²) in [6.45, 7) is 2.18. The largest absolute Gasteiger partial charge is 0.463 e. The van der Waals surface area contributed by atoms with Gasteiger partial charge in [-0.15, -0.1) is 0 Å². The van der Waals surface area contributed by atoms with Gasteiger partial charge in [0.25, 0.3) is 0 Å². The van der Waals surface area contributed by atoms with Gasteiger partial charge in [-0.25, -0.2) is 0 Å². The summed E-state index contributed by atoms with van der Waals surface area (Å²) in [7, 11) is 0. The van der Waals surface area contributed by atoms with Crippen molar-refractivity contribution in [2.45, 2.75) is 129 Å². The number of esters is 1. The molecule has 31 heavy (non-hydrogen) atoms. The lowest BCUT2D eigenvalue weighted by Crippen LogP contribution is -2.21. The summed E-state index contributed by atoms with van der Waals surface area (Å²) in [5, 5.41) is 33.9. The molecule has 0 fully saturated rings. The molecule has 4 N–H and O–H groups in total. The normalized spacial score (nSPS) is 11.6. The van der Waals surface area contributed by atoms with Gasteiger partial charge in [-0.05, 0) is 19.3 Å². The molecule has 0 radical (unpaired) electrons. The van der Waals surface area contributed by atoms with Gasteiger partial charge in [0, 0.05) is 19.6 Å². The quantitative estimate of drug-likeness (QED) is 0.139. The maximum Gasteiger partial charge on any atom is 0.305 e. The number of rotatable bonds is 22. The van der Waals surface area contributed by atoms with Crippen molar-refractivity contribution < 1.29 is 30.0 Å². The second-order valence-electron chi connectivity index (χ2n) is 8.37. The highest BCUT2D eigenvalue weighted by atomic mass is 16.5. The highest BCUT2D eigenvalue weighted by molar-refractivity contribution is 5.69. The van der Waals surface area contributed by atoms with E-state index in [1.165, 1.54) is 83.5 Å². The van der Waals surface area contributed by atoms with Crippen LogP contribution in [-0.2, 0) is 9.53 Å². The number of unbranched alkanes of at least 4 members (excludes halogenated alkanes) is 15. The Balaban J connectivity index is 0. The summed E-state index contributed by atoms with van der Waals surface area (Å²) in [5.74, 6) is -0.276. The van der Waals surface area contributed by atoms with E-state index >= 15 is 0 Å². The smallest absolute Gasteiger partial charge is 0.305 e. The van der Waals surface area contributed by atoms with Crippen LogP contribution in [0.5, 0.6) is 0 Å². The van der Waals surface area contributed by atoms with E-state index in [1.54, 1.807) is 0 Å². The average Bonchev–Trinajstić information content (AvgIpc) is 2.78. The van der Waals surface area contributed by atoms with Crippen molar-refractivity contribution in [2.24, 2.45) is 0 Å². The van der Waals surface area contributed by atoms with Crippen LogP contribution >= 0.6 is 0 Å². The van der Waals surface area contributed by atoms with Crippen molar-refractivity contribution in [3.05, 3.63) is 0 Å². The molecule has 0 amide bonds. The molecule has 0 heterocycles. The molecule has 0 saturated heterocycles. The Morgan fingerprint density at radius 2 is 1.03 bits per heavy atom. The van der Waals surface area contributed by atoms with Gasteiger partial charge in [0.15, 0.2) is 0 Å². The second-order valence-corrected chi connectivity index (χ2v) is 8.37. The van der Waals surface area contributed by atoms with Crippen LogP contribution in [0.15, 0.2) is 0 Å². The van der Waals surface area contributed by atoms with Crippen LogP contribution in [0.3, 0.4) is 0 Å². The van der Waals surface area contributed by atoms with Crippen molar-refractivity contribution in [2.75, 3.05) is 26.4 Å². The van der Waals surface area contributed by atoms with E-state index in [9.17, 15) is 4.79 Å². The van der Waals surface area contributed by atoms with Gasteiger partial charge in [-0.3, -0.25) is 4.79 Å². The monoisotopic (exact) mass is 448 g/mol. The predicted molar refractivity (Wildman–Crippen MR) is 127 cm³/mol. The standard InChI is InChI=1S/C21H42O4.C4H10O2/c1-2-3-4-5-6-7-8-9-10-11-12-13-14-15-16-17-21(24)25-19-20(23)18-22;5-3-1-2-4-6/h20,22-23H,2-19H2,1H3;5-6H,1-4H2. The SMILES string of the molecule is CCCCCCCCCCCCCCCCCC(=O)OCC(O)CO.OCCCCO. The third kappa shape index (κ3) is 31.6. The molecule has 0 aromatic rings. The van der Waals surface area contributed by atoms with E-state index in [2.05, 4.69) is 6.92 Å². The van der Waals surface area contributed by atoms with Gasteiger partial charge in [-0.2, -0.15) is 0 Å². The fourth-order valence-corrected chi connectivity index (χ4v) is 3.18. The molecule has 6 heteroatoms. The lowest BCUT2D eigenvalue weighted by atomic mass is 10.0. The van der Waals surface area contributed by atoms with Gasteiger partial charge in [0.2, 0.25) is 0 Å². The highest BCUT2D eigenvalue weighted by Crippen LogP contribution is 2.13. The molecule has 0 aliphatic heterocycles. The fourth-order valence-electron chi connectivity index (χ4n) is 3.18. The number of carbonyl (C=O) groups is 1. The first-order valence-corrected chi connectivity index (χ1v) is 12.8. The van der Waals surface area contributed by atoms with Crippen LogP contribution < -0.4 is 0 Å². The number of aliphatic hydroxyl groups is 4. The fraction of sp³-hybridized carbons (Fsp3) is 0.960. The van der Waals surface area contributed by atoms with Crippen molar-refractivity contribution >= 4 is 5.97 Å². The van der Waals surface area contributed by atoms with E-state index in [0.717, 1.165) is 25.7 Å². The minimum atomic E-state index is -0.954. The third-order valence-electron chi connectivity index (χ3n) is 5.20. The van der Waals surface area contributed by atoms with Crippen molar-refractivity contribution in [1.82, 2.24) is 0 Å². The number of hydrogen-bond donors (Lipinski definition) is 4. The summed E-state index contributed by atoms with van der Waals surface area (Å²) in [5.41, 5.74) is 0. The molecular weight excluding hydrogens is 396 g/mol. The lowest BCUT2D eigenvalue weighted by Gasteiger charge is -2.08. The van der Waals surface area contributed by atoms with Gasteiger partial charge in [0.1, 0.15) is 12.7 Å². The molecular formula is C25H52O6. The van der Waals surface area contributed by atoms with Crippen LogP contribution in [0, 0.1) is 0 Å². The molecule has 0 bridgehead atoms. The van der Waals surface area contributed by atoms with Crippen LogP contribution in [0.25, 0.3) is 0 Å². The van der Waals surface area contributed by atoms with Crippen molar-refractivity contribution in [3.63, 3.8) is 0 Å². The Morgan fingerprint density at radius 1 is 0.645 bits per heavy atom. The maximum atomic E-state index is 11.4. The Morgan fingerprint density at radius 3 is 1.39 bits per heavy atom. The number of ether oxygens (including phenoxy) is 1. The van der Waals surface area contributed by atoms with E-state index in [-0.39, 0.29) is 32.4 Å². The summed E-state index contributed by atoms with van der Waals surface area (Å²) in [6, 6.07) is 0. The summed E-state index contributed by atoms with van der Waals surface area (Å²) < 4.78 is 4.86. The molecule has 0 rings (SSSR count). The Kier molecular flexibility index (Phi) is 30.7. The van der Waals surface area contributed by atoms with Crippen molar-refractivity contribution in [1.29, 1.82) is 0 Å². The average molecular weight is 449 g/mol. The molecule has 6 nitrogen and oxygen atoms in total. The van der Waals surface area contributed by atoms with Crippen molar-refractivity contribution in [3.8, 4) is 0 Å². The van der Waals surface area contributed by atoms with Gasteiger partial charge >= 0.3 is 5.97 Å². The molecule has 0 aromatic heterocycles. The van der Waals surface area contributed by atoms with E-state index in [0.29, 0.717) is 6.42 Å². The molecule has 0 spiro atoms. The lowest BCUT2D eigenvalue weighted by molar-refractivity contribution is -0.147. The summed E-state index contributed by atoms with van der Waals surface area (Å²) in [4.78, 5) is 11.4. The first-order chi connectivity index (χ1) is 15.1. The first-order valence-electron chi connectivity index (χ1n) is 12.8. The van der Waals surface area contributed by atoms with E-state index in [1.807, 2.05) is 0 Å². The first kappa shape index (κ1) is 32.5. The summed E-state index contributed by atoms with van der Waals surface area (Å²) >= 11 is 0. The Hall–Kier alpha value is -0.690. The molecule has 1 atom stereocenters. The molecule has 0 saturated carbocycles. The second kappa shape index (κ2) is 29.3. The van der Waals surface area contributed by atoms with Crippen LogP contribution in [-0.4, -0.2) is 58.9 Å². The van der Waals surface area contributed by atoms with E-state index in [4.69, 9.17) is 25.2 Å². The van der Waals surface area contributed by atoms with Gasteiger partial charge in [0.05, 0.1) is 6.61 Å². The Labute approximate surface area is 191 Å². The molecule has 188 valence electrons. The zero-order valence-corrected chi connectivity index (χ0v) is 20.2. The molecule has 0 aromatic carbocycles. The van der Waals surface area contributed by atoms with E-state index < -0.39 is 6.10 Å². The summed E-state index contributed by atoms with van der Waals surface area (Å²) in [6.07, 6.45) is 20.5. The van der Waals surface area contributed by atoms with Gasteiger partial charge in [-0.1, -0.05) is 96.8 Å². The zero-order valence-electron chi connectivity index (χ0n) is 20.2. The Bertz CT molecular complexity index is 334. The topological polar surface area (TPSA) is 107 Å². The minimum absolute atomic E-state index is 0.103. The molecule has 0 aliphatic rings. The number of aliphatic hydroxyl groups excluding tert-OH is 4. The minimum Gasteiger partial charge on any atom is -0.463 e. The number of hydrogen-bond acceptors (Lipinski definition) is 6. The maximum absolute atomic E-state index is 11.4. The van der Waals surface area contributed by atoms with Crippen LogP contribution in [0.4, 0.5) is 0 Å². The third-order valence-corrected chi connectivity index (χ3v) is 5.20. The van der Waals surface area contributed by atoms with Crippen LogP contribution in [0.2, 0.25) is 0 Å². The van der Waals surface area contributed by atoms with Crippen LogP contribution in [0.1, 0.15) is 122 Å². The molecule has 1 unspecified atom stereocenters. The van der Waals surface area contributed by atoms with Gasteiger partial charge < -0.3 is 25.2 Å². The predicted octanol–water partition coefficient (Wildman–Crippen LogP) is 4.90.